The Kier molecular flexibility index (Phi) is 5.78. The van der Waals surface area contributed by atoms with Crippen LogP contribution < -0.4 is 15.4 Å². The van der Waals surface area contributed by atoms with Crippen molar-refractivity contribution in [2.45, 2.75) is 6.92 Å². The van der Waals surface area contributed by atoms with Gasteiger partial charge in [-0.15, -0.1) is 0 Å². The van der Waals surface area contributed by atoms with Crippen LogP contribution in [0.4, 0.5) is 5.69 Å². The highest BCUT2D eigenvalue weighted by molar-refractivity contribution is 7.89. The van der Waals surface area contributed by atoms with E-state index in [0.717, 1.165) is 0 Å². The van der Waals surface area contributed by atoms with Crippen LogP contribution in [0, 0.1) is 0 Å². The molecular weight excluding hydrogens is 266 g/mol. The maximum atomic E-state index is 11.9. The molecule has 6 nitrogen and oxygen atoms in total. The van der Waals surface area contributed by atoms with Crippen molar-refractivity contribution in [1.29, 1.82) is 0 Å². The lowest BCUT2D eigenvalue weighted by Gasteiger charge is -2.10. The van der Waals surface area contributed by atoms with Crippen molar-refractivity contribution < 1.29 is 13.2 Å². The number of sulfonamides is 1. The Labute approximate surface area is 113 Å². The van der Waals surface area contributed by atoms with Crippen LogP contribution in [-0.2, 0) is 10.0 Å². The molecule has 0 spiro atoms. The molecule has 0 unspecified atom stereocenters. The third kappa shape index (κ3) is 4.88. The van der Waals surface area contributed by atoms with E-state index in [1.165, 1.54) is 0 Å². The largest absolute Gasteiger partial charge is 0.387 e. The number of nitrogens with one attached hydrogen (secondary N) is 3. The van der Waals surface area contributed by atoms with Crippen molar-refractivity contribution in [3.05, 3.63) is 29.8 Å². The third-order valence-electron chi connectivity index (χ3n) is 2.46. The fourth-order valence-electron chi connectivity index (χ4n) is 1.59. The van der Waals surface area contributed by atoms with Gasteiger partial charge in [-0.2, -0.15) is 0 Å². The van der Waals surface area contributed by atoms with Crippen LogP contribution in [0.15, 0.2) is 24.3 Å². The minimum absolute atomic E-state index is 0.0756. The third-order valence-corrected chi connectivity index (χ3v) is 3.93. The predicted molar refractivity (Wildman–Crippen MR) is 75.8 cm³/mol. The first-order valence-corrected chi connectivity index (χ1v) is 7.67. The molecule has 1 rings (SSSR count). The van der Waals surface area contributed by atoms with Gasteiger partial charge in [0.05, 0.1) is 11.3 Å². The van der Waals surface area contributed by atoms with Crippen LogP contribution in [-0.4, -0.2) is 40.2 Å². The predicted octanol–water partition coefficient (Wildman–Crippen LogP) is 0.397. The zero-order chi connectivity index (χ0) is 14.3. The van der Waals surface area contributed by atoms with Gasteiger partial charge in [0, 0.05) is 25.8 Å². The van der Waals surface area contributed by atoms with Crippen molar-refractivity contribution in [1.82, 2.24) is 10.0 Å². The summed E-state index contributed by atoms with van der Waals surface area (Å²) in [6.45, 7) is 2.13. The number of hydrogen-bond acceptors (Lipinski definition) is 4. The first-order chi connectivity index (χ1) is 9.00. The zero-order valence-corrected chi connectivity index (χ0v) is 11.9. The second-order valence-electron chi connectivity index (χ2n) is 3.87. The summed E-state index contributed by atoms with van der Waals surface area (Å²) < 4.78 is 25.2. The average Bonchev–Trinajstić information content (AvgIpc) is 2.38. The van der Waals surface area contributed by atoms with E-state index >= 15 is 0 Å². The number of carbonyl (C=O) groups excluding carboxylic acids is 1. The molecule has 0 aromatic heterocycles. The summed E-state index contributed by atoms with van der Waals surface area (Å²) in [5, 5.41) is 5.50. The molecule has 7 heteroatoms. The number of hydrogen-bond donors (Lipinski definition) is 3. The molecule has 0 aliphatic carbocycles. The normalized spacial score (nSPS) is 11.1. The lowest BCUT2D eigenvalue weighted by molar-refractivity contribution is 0.0957. The number of anilines is 1. The van der Waals surface area contributed by atoms with E-state index in [4.69, 9.17) is 0 Å². The second kappa shape index (κ2) is 7.10. The molecule has 0 fully saturated rings. The fraction of sp³-hybridized carbons (Fsp3) is 0.417. The SMILES string of the molecule is CCNS(=O)(=O)CCNC(=O)c1ccccc1NC. The molecule has 0 aliphatic heterocycles. The molecule has 0 bridgehead atoms. The maximum Gasteiger partial charge on any atom is 0.253 e. The molecule has 0 aliphatic rings. The molecule has 1 amide bonds. The number of carbonyl (C=O) groups is 1. The molecular formula is C12H19N3O3S. The summed E-state index contributed by atoms with van der Waals surface area (Å²) >= 11 is 0. The Balaban J connectivity index is 2.57. The van der Waals surface area contributed by atoms with Gasteiger partial charge in [-0.1, -0.05) is 19.1 Å². The molecule has 1 aromatic rings. The molecule has 0 heterocycles. The second-order valence-corrected chi connectivity index (χ2v) is 5.79. The molecule has 19 heavy (non-hydrogen) atoms. The van der Waals surface area contributed by atoms with Gasteiger partial charge in [-0.25, -0.2) is 13.1 Å². The molecule has 106 valence electrons. The van der Waals surface area contributed by atoms with Crippen molar-refractivity contribution in [3.8, 4) is 0 Å². The van der Waals surface area contributed by atoms with Crippen LogP contribution >= 0.6 is 0 Å². The minimum Gasteiger partial charge on any atom is -0.387 e. The van der Waals surface area contributed by atoms with Gasteiger partial charge >= 0.3 is 0 Å². The van der Waals surface area contributed by atoms with Gasteiger partial charge in [0.25, 0.3) is 5.91 Å². The van der Waals surface area contributed by atoms with Crippen molar-refractivity contribution in [2.75, 3.05) is 31.2 Å². The molecule has 0 atom stereocenters. The molecule has 1 aromatic carbocycles. The van der Waals surface area contributed by atoms with Crippen LogP contribution in [0.3, 0.4) is 0 Å². The lowest BCUT2D eigenvalue weighted by Crippen LogP contribution is -2.34. The van der Waals surface area contributed by atoms with E-state index in [9.17, 15) is 13.2 Å². The summed E-state index contributed by atoms with van der Waals surface area (Å²) in [6, 6.07) is 7.04. The van der Waals surface area contributed by atoms with E-state index in [-0.39, 0.29) is 18.2 Å². The van der Waals surface area contributed by atoms with Crippen LogP contribution in [0.2, 0.25) is 0 Å². The summed E-state index contributed by atoms with van der Waals surface area (Å²) in [5.41, 5.74) is 1.19. The first kappa shape index (κ1) is 15.5. The van der Waals surface area contributed by atoms with Gasteiger partial charge < -0.3 is 10.6 Å². The maximum absolute atomic E-state index is 11.9. The highest BCUT2D eigenvalue weighted by atomic mass is 32.2. The molecule has 3 N–H and O–H groups in total. The quantitative estimate of drug-likeness (QED) is 0.676. The Bertz CT molecular complexity index is 529. The molecule has 0 saturated heterocycles. The van der Waals surface area contributed by atoms with E-state index in [1.807, 2.05) is 6.07 Å². The summed E-state index contributed by atoms with van der Waals surface area (Å²) in [5.74, 6) is -0.425. The van der Waals surface area contributed by atoms with Crippen LogP contribution in [0.25, 0.3) is 0 Å². The molecule has 0 radical (unpaired) electrons. The Morgan fingerprint density at radius 1 is 1.26 bits per heavy atom. The fourth-order valence-corrected chi connectivity index (χ4v) is 2.54. The van der Waals surface area contributed by atoms with Crippen molar-refractivity contribution >= 4 is 21.6 Å². The van der Waals surface area contributed by atoms with Gasteiger partial charge in [0.15, 0.2) is 0 Å². The topological polar surface area (TPSA) is 87.3 Å². The monoisotopic (exact) mass is 285 g/mol. The smallest absolute Gasteiger partial charge is 0.253 e. The number of para-hydroxylation sites is 1. The van der Waals surface area contributed by atoms with E-state index in [0.29, 0.717) is 17.8 Å². The zero-order valence-electron chi connectivity index (χ0n) is 11.1. The van der Waals surface area contributed by atoms with E-state index in [1.54, 1.807) is 32.2 Å². The summed E-state index contributed by atoms with van der Waals surface area (Å²) in [7, 11) is -1.58. The van der Waals surface area contributed by atoms with Gasteiger partial charge in [-0.05, 0) is 12.1 Å². The standard InChI is InChI=1S/C12H19N3O3S/c1-3-15-19(17,18)9-8-14-12(16)10-6-4-5-7-11(10)13-2/h4-7,13,15H,3,8-9H2,1-2H3,(H,14,16). The number of rotatable bonds is 7. The van der Waals surface area contributed by atoms with Gasteiger partial charge in [-0.3, -0.25) is 4.79 Å². The van der Waals surface area contributed by atoms with Gasteiger partial charge in [0.1, 0.15) is 0 Å². The number of benzene rings is 1. The Morgan fingerprint density at radius 2 is 1.95 bits per heavy atom. The highest BCUT2D eigenvalue weighted by Gasteiger charge is 2.12. The Hall–Kier alpha value is -1.60. The average molecular weight is 285 g/mol. The summed E-state index contributed by atoms with van der Waals surface area (Å²) in [6.07, 6.45) is 0. The Morgan fingerprint density at radius 3 is 2.58 bits per heavy atom. The van der Waals surface area contributed by atoms with Crippen LogP contribution in [0.5, 0.6) is 0 Å². The minimum atomic E-state index is -3.31. The van der Waals surface area contributed by atoms with Crippen molar-refractivity contribution in [3.63, 3.8) is 0 Å². The van der Waals surface area contributed by atoms with E-state index < -0.39 is 10.0 Å². The van der Waals surface area contributed by atoms with E-state index in [2.05, 4.69) is 15.4 Å². The molecule has 0 saturated carbocycles. The highest BCUT2D eigenvalue weighted by Crippen LogP contribution is 2.13. The van der Waals surface area contributed by atoms with Crippen LogP contribution in [0.1, 0.15) is 17.3 Å². The van der Waals surface area contributed by atoms with Gasteiger partial charge in [0.2, 0.25) is 10.0 Å². The lowest BCUT2D eigenvalue weighted by atomic mass is 10.1. The summed E-state index contributed by atoms with van der Waals surface area (Å²) in [4.78, 5) is 11.9. The van der Waals surface area contributed by atoms with Crippen molar-refractivity contribution in [2.24, 2.45) is 0 Å². The number of amides is 1. The first-order valence-electron chi connectivity index (χ1n) is 6.02.